The van der Waals surface area contributed by atoms with Gasteiger partial charge in [-0.3, -0.25) is 0 Å². The Morgan fingerprint density at radius 3 is 2.50 bits per heavy atom. The maximum Gasteiger partial charge on any atom is 0.0443 e. The summed E-state index contributed by atoms with van der Waals surface area (Å²) < 4.78 is 0. The van der Waals surface area contributed by atoms with E-state index in [4.69, 9.17) is 10.8 Å². The van der Waals surface area contributed by atoms with Crippen molar-refractivity contribution >= 4 is 0 Å². The van der Waals surface area contributed by atoms with Crippen LogP contribution in [0.15, 0.2) is 0 Å². The van der Waals surface area contributed by atoms with E-state index in [2.05, 4.69) is 26.1 Å². The highest BCUT2D eigenvalue weighted by Crippen LogP contribution is 2.15. The van der Waals surface area contributed by atoms with E-state index in [-0.39, 0.29) is 12.1 Å². The Morgan fingerprint density at radius 2 is 2.07 bits per heavy atom. The summed E-state index contributed by atoms with van der Waals surface area (Å²) >= 11 is 0. The van der Waals surface area contributed by atoms with Gasteiger partial charge >= 0.3 is 0 Å². The monoisotopic (exact) mass is 202 g/mol. The molecule has 1 unspecified atom stereocenters. The van der Waals surface area contributed by atoms with Crippen molar-refractivity contribution in [2.75, 3.05) is 19.7 Å². The third kappa shape index (κ3) is 6.35. The van der Waals surface area contributed by atoms with E-state index >= 15 is 0 Å². The third-order valence-electron chi connectivity index (χ3n) is 2.61. The SMILES string of the molecule is CC(C)CCC(C)(CN)NCCCO. The fraction of sp³-hybridized carbons (Fsp3) is 1.00. The number of hydrogen-bond donors (Lipinski definition) is 3. The highest BCUT2D eigenvalue weighted by Gasteiger charge is 2.20. The number of aliphatic hydroxyl groups excluding tert-OH is 1. The van der Waals surface area contributed by atoms with Crippen molar-refractivity contribution in [3.05, 3.63) is 0 Å². The lowest BCUT2D eigenvalue weighted by molar-refractivity contribution is 0.263. The Morgan fingerprint density at radius 1 is 1.43 bits per heavy atom. The van der Waals surface area contributed by atoms with Crippen molar-refractivity contribution in [2.24, 2.45) is 11.7 Å². The molecule has 0 aromatic carbocycles. The minimum atomic E-state index is 0.0411. The highest BCUT2D eigenvalue weighted by molar-refractivity contribution is 4.84. The lowest BCUT2D eigenvalue weighted by atomic mass is 9.92. The summed E-state index contributed by atoms with van der Waals surface area (Å²) in [6.45, 7) is 8.37. The smallest absolute Gasteiger partial charge is 0.0443 e. The fourth-order valence-electron chi connectivity index (χ4n) is 1.34. The molecular formula is C11H26N2O. The van der Waals surface area contributed by atoms with Crippen LogP contribution in [0, 0.1) is 5.92 Å². The van der Waals surface area contributed by atoms with Crippen molar-refractivity contribution in [1.29, 1.82) is 0 Å². The second kappa shape index (κ2) is 7.21. The second-order valence-corrected chi connectivity index (χ2v) is 4.70. The quantitative estimate of drug-likeness (QED) is 0.517. The van der Waals surface area contributed by atoms with Crippen LogP contribution >= 0.6 is 0 Å². The summed E-state index contributed by atoms with van der Waals surface area (Å²) in [6.07, 6.45) is 3.10. The molecule has 0 fully saturated rings. The molecule has 0 radical (unpaired) electrons. The molecule has 86 valence electrons. The van der Waals surface area contributed by atoms with Crippen molar-refractivity contribution < 1.29 is 5.11 Å². The van der Waals surface area contributed by atoms with Gasteiger partial charge in [0, 0.05) is 18.7 Å². The first-order valence-corrected chi connectivity index (χ1v) is 5.60. The van der Waals surface area contributed by atoms with Gasteiger partial charge in [0.25, 0.3) is 0 Å². The molecule has 0 aliphatic heterocycles. The topological polar surface area (TPSA) is 58.3 Å². The first-order valence-electron chi connectivity index (χ1n) is 5.60. The molecule has 0 rings (SSSR count). The molecule has 14 heavy (non-hydrogen) atoms. The molecule has 4 N–H and O–H groups in total. The number of nitrogens with one attached hydrogen (secondary N) is 1. The average molecular weight is 202 g/mol. The van der Waals surface area contributed by atoms with Crippen LogP contribution in [0.25, 0.3) is 0 Å². The molecule has 0 aromatic heterocycles. The average Bonchev–Trinajstić information content (AvgIpc) is 2.15. The van der Waals surface area contributed by atoms with Gasteiger partial charge in [-0.25, -0.2) is 0 Å². The van der Waals surface area contributed by atoms with Crippen LogP contribution in [0.5, 0.6) is 0 Å². The Labute approximate surface area is 88.1 Å². The van der Waals surface area contributed by atoms with Crippen molar-refractivity contribution in [2.45, 2.75) is 45.6 Å². The fourth-order valence-corrected chi connectivity index (χ4v) is 1.34. The molecule has 3 nitrogen and oxygen atoms in total. The van der Waals surface area contributed by atoms with Gasteiger partial charge < -0.3 is 16.2 Å². The normalized spacial score (nSPS) is 15.9. The van der Waals surface area contributed by atoms with Gasteiger partial charge in [0.1, 0.15) is 0 Å². The molecule has 0 aliphatic rings. The predicted octanol–water partition coefficient (Wildman–Crippen LogP) is 1.11. The Bertz CT molecular complexity index is 139. The van der Waals surface area contributed by atoms with Gasteiger partial charge in [-0.15, -0.1) is 0 Å². The lowest BCUT2D eigenvalue weighted by Gasteiger charge is -2.30. The summed E-state index contributed by atoms with van der Waals surface area (Å²) in [5.74, 6) is 0.723. The Kier molecular flexibility index (Phi) is 7.15. The van der Waals surface area contributed by atoms with Crippen LogP contribution in [0.4, 0.5) is 0 Å². The summed E-state index contributed by atoms with van der Waals surface area (Å²) in [5, 5.41) is 12.1. The van der Waals surface area contributed by atoms with E-state index in [9.17, 15) is 0 Å². The molecule has 0 saturated carbocycles. The van der Waals surface area contributed by atoms with Gasteiger partial charge in [0.2, 0.25) is 0 Å². The molecule has 3 heteroatoms. The number of rotatable bonds is 8. The molecular weight excluding hydrogens is 176 g/mol. The van der Waals surface area contributed by atoms with Crippen LogP contribution in [-0.4, -0.2) is 30.3 Å². The van der Waals surface area contributed by atoms with Crippen LogP contribution in [-0.2, 0) is 0 Å². The molecule has 0 amide bonds. The molecule has 0 heterocycles. The molecule has 0 bridgehead atoms. The van der Waals surface area contributed by atoms with Crippen LogP contribution < -0.4 is 11.1 Å². The van der Waals surface area contributed by atoms with Gasteiger partial charge in [-0.05, 0) is 38.6 Å². The summed E-state index contributed by atoms with van der Waals surface area (Å²) in [7, 11) is 0. The number of aliphatic hydroxyl groups is 1. The van der Waals surface area contributed by atoms with Crippen molar-refractivity contribution in [3.63, 3.8) is 0 Å². The van der Waals surface area contributed by atoms with Gasteiger partial charge in [0.05, 0.1) is 0 Å². The van der Waals surface area contributed by atoms with Crippen LogP contribution in [0.3, 0.4) is 0 Å². The van der Waals surface area contributed by atoms with Gasteiger partial charge in [0.15, 0.2) is 0 Å². The van der Waals surface area contributed by atoms with E-state index in [1.165, 1.54) is 6.42 Å². The predicted molar refractivity (Wildman–Crippen MR) is 61.2 cm³/mol. The summed E-state index contributed by atoms with van der Waals surface area (Å²) in [5.41, 5.74) is 5.79. The molecule has 0 saturated heterocycles. The van der Waals surface area contributed by atoms with Gasteiger partial charge in [-0.2, -0.15) is 0 Å². The second-order valence-electron chi connectivity index (χ2n) is 4.70. The number of hydrogen-bond acceptors (Lipinski definition) is 3. The molecule has 0 aliphatic carbocycles. The summed E-state index contributed by atoms with van der Waals surface area (Å²) in [4.78, 5) is 0. The van der Waals surface area contributed by atoms with Gasteiger partial charge in [-0.1, -0.05) is 13.8 Å². The molecule has 0 spiro atoms. The third-order valence-corrected chi connectivity index (χ3v) is 2.61. The molecule has 0 aromatic rings. The zero-order chi connectivity index (χ0) is 11.0. The minimum Gasteiger partial charge on any atom is -0.396 e. The lowest BCUT2D eigenvalue weighted by Crippen LogP contribution is -2.49. The van der Waals surface area contributed by atoms with Crippen molar-refractivity contribution in [1.82, 2.24) is 5.32 Å². The van der Waals surface area contributed by atoms with Crippen LogP contribution in [0.1, 0.15) is 40.0 Å². The molecule has 1 atom stereocenters. The van der Waals surface area contributed by atoms with E-state index in [0.29, 0.717) is 6.54 Å². The minimum absolute atomic E-state index is 0.0411. The zero-order valence-corrected chi connectivity index (χ0v) is 9.84. The first-order chi connectivity index (χ1) is 6.54. The maximum atomic E-state index is 8.68. The highest BCUT2D eigenvalue weighted by atomic mass is 16.3. The van der Waals surface area contributed by atoms with Crippen molar-refractivity contribution in [3.8, 4) is 0 Å². The van der Waals surface area contributed by atoms with Crippen LogP contribution in [0.2, 0.25) is 0 Å². The van der Waals surface area contributed by atoms with E-state index in [1.807, 2.05) is 0 Å². The van der Waals surface area contributed by atoms with E-state index in [1.54, 1.807) is 0 Å². The summed E-state index contributed by atoms with van der Waals surface area (Å²) in [6, 6.07) is 0. The largest absolute Gasteiger partial charge is 0.396 e. The standard InChI is InChI=1S/C11H26N2O/c1-10(2)5-6-11(3,9-12)13-7-4-8-14/h10,13-14H,4-9,12H2,1-3H3. The van der Waals surface area contributed by atoms with E-state index in [0.717, 1.165) is 25.3 Å². The Hall–Kier alpha value is -0.120. The number of nitrogens with two attached hydrogens (primary N) is 1. The Balaban J connectivity index is 3.79. The zero-order valence-electron chi connectivity index (χ0n) is 9.84. The maximum absolute atomic E-state index is 8.68. The van der Waals surface area contributed by atoms with E-state index < -0.39 is 0 Å². The first kappa shape index (κ1) is 13.9.